The molecule has 1 unspecified atom stereocenters. The molecular formula is C14H21N3O4. The third-order valence-corrected chi connectivity index (χ3v) is 2.76. The van der Waals surface area contributed by atoms with Crippen LogP contribution in [0.4, 0.5) is 10.5 Å². The monoisotopic (exact) mass is 295 g/mol. The van der Waals surface area contributed by atoms with Gasteiger partial charge in [0, 0.05) is 6.07 Å². The molecule has 1 heterocycles. The van der Waals surface area contributed by atoms with Crippen molar-refractivity contribution in [2.24, 2.45) is 11.7 Å². The number of rotatable bonds is 6. The Morgan fingerprint density at radius 2 is 2.05 bits per heavy atom. The zero-order valence-electron chi connectivity index (χ0n) is 12.7. The molecule has 0 saturated carbocycles. The number of carbonyl (C=O) groups excluding carboxylic acids is 2. The average Bonchev–Trinajstić information content (AvgIpc) is 2.39. The van der Waals surface area contributed by atoms with Gasteiger partial charge in [0.2, 0.25) is 5.88 Å². The van der Waals surface area contributed by atoms with Crippen molar-refractivity contribution in [2.45, 2.75) is 33.3 Å². The van der Waals surface area contributed by atoms with E-state index in [0.29, 0.717) is 23.7 Å². The van der Waals surface area contributed by atoms with Gasteiger partial charge in [0.15, 0.2) is 6.10 Å². The number of amides is 2. The third-order valence-electron chi connectivity index (χ3n) is 2.76. The summed E-state index contributed by atoms with van der Waals surface area (Å²) in [6, 6.07) is 3.31. The standard InChI is InChI=1S/C14H21N3O4/c1-8(2)7-11(21-14(15)19)13(18)17-10-5-6-12(20-4)16-9(10)3/h5-6,8,11H,7H2,1-4H3,(H2,15,19)(H,17,18). The Morgan fingerprint density at radius 3 is 2.52 bits per heavy atom. The molecule has 0 spiro atoms. The number of carbonyl (C=O) groups is 2. The summed E-state index contributed by atoms with van der Waals surface area (Å²) in [5, 5.41) is 2.68. The second-order valence-corrected chi connectivity index (χ2v) is 5.03. The fraction of sp³-hybridized carbons (Fsp3) is 0.500. The maximum Gasteiger partial charge on any atom is 0.405 e. The van der Waals surface area contributed by atoms with Crippen molar-refractivity contribution in [2.75, 3.05) is 12.4 Å². The molecule has 7 heteroatoms. The maximum absolute atomic E-state index is 12.2. The van der Waals surface area contributed by atoms with E-state index < -0.39 is 18.1 Å². The van der Waals surface area contributed by atoms with Gasteiger partial charge in [-0.2, -0.15) is 0 Å². The van der Waals surface area contributed by atoms with Gasteiger partial charge in [-0.15, -0.1) is 0 Å². The summed E-state index contributed by atoms with van der Waals surface area (Å²) < 4.78 is 9.86. The average molecular weight is 295 g/mol. The fourth-order valence-corrected chi connectivity index (χ4v) is 1.77. The number of methoxy groups -OCH3 is 1. The van der Waals surface area contributed by atoms with Crippen LogP contribution < -0.4 is 15.8 Å². The van der Waals surface area contributed by atoms with Gasteiger partial charge in [-0.1, -0.05) is 13.8 Å². The molecule has 1 atom stereocenters. The molecule has 3 N–H and O–H groups in total. The van der Waals surface area contributed by atoms with E-state index in [9.17, 15) is 9.59 Å². The second-order valence-electron chi connectivity index (χ2n) is 5.03. The van der Waals surface area contributed by atoms with E-state index in [2.05, 4.69) is 10.3 Å². The number of hydrogen-bond acceptors (Lipinski definition) is 5. The zero-order valence-corrected chi connectivity index (χ0v) is 12.7. The lowest BCUT2D eigenvalue weighted by molar-refractivity contribution is -0.124. The molecule has 0 saturated heterocycles. The molecule has 0 bridgehead atoms. The van der Waals surface area contributed by atoms with Crippen LogP contribution in [-0.4, -0.2) is 30.2 Å². The van der Waals surface area contributed by atoms with Crippen LogP contribution in [0.15, 0.2) is 12.1 Å². The largest absolute Gasteiger partial charge is 0.481 e. The quantitative estimate of drug-likeness (QED) is 0.833. The fourth-order valence-electron chi connectivity index (χ4n) is 1.77. The van der Waals surface area contributed by atoms with E-state index >= 15 is 0 Å². The molecule has 1 aromatic heterocycles. The molecule has 1 rings (SSSR count). The van der Waals surface area contributed by atoms with Gasteiger partial charge in [-0.05, 0) is 25.3 Å². The molecule has 0 aromatic carbocycles. The van der Waals surface area contributed by atoms with Crippen LogP contribution in [0.2, 0.25) is 0 Å². The summed E-state index contributed by atoms with van der Waals surface area (Å²) >= 11 is 0. The smallest absolute Gasteiger partial charge is 0.405 e. The Bertz CT molecular complexity index is 517. The van der Waals surface area contributed by atoms with Crippen LogP contribution in [-0.2, 0) is 9.53 Å². The van der Waals surface area contributed by atoms with Crippen molar-refractivity contribution in [1.29, 1.82) is 0 Å². The minimum Gasteiger partial charge on any atom is -0.481 e. The first kappa shape index (κ1) is 16.7. The molecule has 0 aliphatic heterocycles. The first-order chi connectivity index (χ1) is 9.83. The lowest BCUT2D eigenvalue weighted by Crippen LogP contribution is -2.35. The van der Waals surface area contributed by atoms with Crippen molar-refractivity contribution < 1.29 is 19.1 Å². The highest BCUT2D eigenvalue weighted by molar-refractivity contribution is 5.95. The van der Waals surface area contributed by atoms with E-state index in [1.807, 2.05) is 13.8 Å². The summed E-state index contributed by atoms with van der Waals surface area (Å²) in [5.41, 5.74) is 6.13. The highest BCUT2D eigenvalue weighted by Gasteiger charge is 2.23. The molecule has 0 radical (unpaired) electrons. The highest BCUT2D eigenvalue weighted by atomic mass is 16.6. The predicted molar refractivity (Wildman–Crippen MR) is 78.1 cm³/mol. The van der Waals surface area contributed by atoms with Crippen LogP contribution in [0.3, 0.4) is 0 Å². The Balaban J connectivity index is 2.83. The molecule has 116 valence electrons. The minimum atomic E-state index is -0.972. The number of aromatic nitrogens is 1. The molecule has 2 amide bonds. The SMILES string of the molecule is COc1ccc(NC(=O)C(CC(C)C)OC(N)=O)c(C)n1. The van der Waals surface area contributed by atoms with Crippen molar-refractivity contribution in [3.8, 4) is 5.88 Å². The lowest BCUT2D eigenvalue weighted by atomic mass is 10.1. The highest BCUT2D eigenvalue weighted by Crippen LogP contribution is 2.18. The number of ether oxygens (including phenoxy) is 2. The molecule has 0 fully saturated rings. The summed E-state index contributed by atoms with van der Waals surface area (Å²) in [4.78, 5) is 27.2. The number of nitrogens with one attached hydrogen (secondary N) is 1. The van der Waals surface area contributed by atoms with Gasteiger partial charge >= 0.3 is 6.09 Å². The van der Waals surface area contributed by atoms with E-state index in [1.54, 1.807) is 19.1 Å². The first-order valence-corrected chi connectivity index (χ1v) is 6.62. The number of anilines is 1. The number of aryl methyl sites for hydroxylation is 1. The van der Waals surface area contributed by atoms with Crippen LogP contribution >= 0.6 is 0 Å². The summed E-state index contributed by atoms with van der Waals surface area (Å²) in [6.45, 7) is 5.58. The third kappa shape index (κ3) is 5.29. The molecule has 7 nitrogen and oxygen atoms in total. The molecular weight excluding hydrogens is 274 g/mol. The van der Waals surface area contributed by atoms with Crippen LogP contribution in [0.1, 0.15) is 26.0 Å². The number of hydrogen-bond donors (Lipinski definition) is 2. The van der Waals surface area contributed by atoms with Crippen molar-refractivity contribution in [3.63, 3.8) is 0 Å². The maximum atomic E-state index is 12.2. The summed E-state index contributed by atoms with van der Waals surface area (Å²) in [7, 11) is 1.51. The molecule has 0 aliphatic carbocycles. The second kappa shape index (κ2) is 7.47. The number of pyridine rings is 1. The number of nitrogens with two attached hydrogens (primary N) is 1. The van der Waals surface area contributed by atoms with Gasteiger partial charge < -0.3 is 20.5 Å². The van der Waals surface area contributed by atoms with Crippen LogP contribution in [0, 0.1) is 12.8 Å². The summed E-state index contributed by atoms with van der Waals surface area (Å²) in [5.74, 6) is 0.199. The Labute approximate surface area is 123 Å². The van der Waals surface area contributed by atoms with Gasteiger partial charge in [-0.3, -0.25) is 4.79 Å². The first-order valence-electron chi connectivity index (χ1n) is 6.62. The van der Waals surface area contributed by atoms with E-state index in [1.165, 1.54) is 7.11 Å². The van der Waals surface area contributed by atoms with Crippen LogP contribution in [0.25, 0.3) is 0 Å². The topological polar surface area (TPSA) is 104 Å². The number of nitrogens with zero attached hydrogens (tertiary/aromatic N) is 1. The number of primary amides is 1. The van der Waals surface area contributed by atoms with Crippen molar-refractivity contribution in [3.05, 3.63) is 17.8 Å². The Hall–Kier alpha value is -2.31. The molecule has 1 aromatic rings. The Kier molecular flexibility index (Phi) is 5.95. The van der Waals surface area contributed by atoms with Crippen molar-refractivity contribution >= 4 is 17.7 Å². The Morgan fingerprint density at radius 1 is 1.38 bits per heavy atom. The van der Waals surface area contributed by atoms with Gasteiger partial charge in [0.05, 0.1) is 18.5 Å². The lowest BCUT2D eigenvalue weighted by Gasteiger charge is -2.18. The van der Waals surface area contributed by atoms with Gasteiger partial charge in [0.1, 0.15) is 0 Å². The van der Waals surface area contributed by atoms with E-state index in [-0.39, 0.29) is 5.92 Å². The van der Waals surface area contributed by atoms with Crippen LogP contribution in [0.5, 0.6) is 5.88 Å². The summed E-state index contributed by atoms with van der Waals surface area (Å²) in [6.07, 6.45) is -1.51. The normalized spacial score (nSPS) is 11.9. The van der Waals surface area contributed by atoms with E-state index in [4.69, 9.17) is 15.2 Å². The van der Waals surface area contributed by atoms with Gasteiger partial charge in [-0.25, -0.2) is 9.78 Å². The van der Waals surface area contributed by atoms with Crippen molar-refractivity contribution in [1.82, 2.24) is 4.98 Å². The molecule has 0 aliphatic rings. The minimum absolute atomic E-state index is 0.176. The van der Waals surface area contributed by atoms with E-state index in [0.717, 1.165) is 0 Å². The predicted octanol–water partition coefficient (Wildman–Crippen LogP) is 1.85. The van der Waals surface area contributed by atoms with Gasteiger partial charge in [0.25, 0.3) is 5.91 Å². The molecule has 21 heavy (non-hydrogen) atoms. The zero-order chi connectivity index (χ0) is 16.0.